The van der Waals surface area contributed by atoms with Gasteiger partial charge in [0.25, 0.3) is 5.56 Å². The van der Waals surface area contributed by atoms with E-state index in [9.17, 15) is 18.9 Å². The number of rotatable bonds is 12. The zero-order valence-electron chi connectivity index (χ0n) is 20.4. The molecule has 1 aliphatic heterocycles. The van der Waals surface area contributed by atoms with Crippen LogP contribution in [0.5, 0.6) is 5.75 Å². The first kappa shape index (κ1) is 29.4. The van der Waals surface area contributed by atoms with E-state index in [1.54, 1.807) is 6.92 Å². The fraction of sp³-hybridized carbons (Fsp3) is 0.500. The molecule has 2 heterocycles. The summed E-state index contributed by atoms with van der Waals surface area (Å²) in [4.78, 5) is 38.3. The molecule has 15 heteroatoms. The number of nitrogens with one attached hydrogen (secondary N) is 2. The fourth-order valence-corrected chi connectivity index (χ4v) is 4.89. The molecular formula is C22H28Cl2N3O9P. The van der Waals surface area contributed by atoms with E-state index < -0.39 is 50.1 Å². The van der Waals surface area contributed by atoms with Crippen molar-refractivity contribution in [1.82, 2.24) is 14.6 Å². The fourth-order valence-electron chi connectivity index (χ4n) is 3.13. The molecule has 0 amide bonds. The molecule has 1 fully saturated rings. The zero-order chi connectivity index (χ0) is 27.2. The van der Waals surface area contributed by atoms with Crippen molar-refractivity contribution in [2.45, 2.75) is 52.2 Å². The number of nitrogens with zero attached hydrogens (tertiary/aromatic N) is 1. The van der Waals surface area contributed by atoms with Crippen molar-refractivity contribution in [3.8, 4) is 5.75 Å². The summed E-state index contributed by atoms with van der Waals surface area (Å²) in [6.07, 6.45) is 0.979. The first-order chi connectivity index (χ1) is 17.5. The highest BCUT2D eigenvalue weighted by atomic mass is 35.5. The Bertz CT molecular complexity index is 1270. The number of esters is 1. The summed E-state index contributed by atoms with van der Waals surface area (Å²) in [7, 11) is -4.22. The lowest BCUT2D eigenvalue weighted by Gasteiger charge is -2.24. The molecule has 0 aliphatic carbocycles. The second kappa shape index (κ2) is 13.1. The lowest BCUT2D eigenvalue weighted by Crippen LogP contribution is -2.36. The number of hydrogen-bond acceptors (Lipinski definition) is 9. The Labute approximate surface area is 222 Å². The van der Waals surface area contributed by atoms with E-state index in [1.807, 2.05) is 6.92 Å². The summed E-state index contributed by atoms with van der Waals surface area (Å²) in [5, 5.41) is 2.97. The van der Waals surface area contributed by atoms with E-state index in [4.69, 9.17) is 46.5 Å². The van der Waals surface area contributed by atoms with Crippen LogP contribution in [0.4, 0.5) is 0 Å². The smallest absolute Gasteiger partial charge is 0.459 e. The Balaban J connectivity index is 1.70. The van der Waals surface area contributed by atoms with Crippen LogP contribution in [-0.2, 0) is 28.1 Å². The topological polar surface area (TPSA) is 147 Å². The highest BCUT2D eigenvalue weighted by Gasteiger charge is 2.36. The van der Waals surface area contributed by atoms with Gasteiger partial charge in [-0.15, -0.1) is 0 Å². The number of halogens is 2. The SMILES string of the molecule is CCCCOC(=O)[C@H](C)NP(=O)(OC[C@@H]1OC[C@H](n2cc(C)c(=O)[nH]c2=O)O1)Oc1ccc(Cl)c(Cl)c1. The van der Waals surface area contributed by atoms with E-state index in [0.717, 1.165) is 6.42 Å². The maximum Gasteiger partial charge on any atom is 0.459 e. The molecule has 1 aromatic heterocycles. The Morgan fingerprint density at radius 2 is 2.08 bits per heavy atom. The Hall–Kier alpha value is -2.18. The van der Waals surface area contributed by atoms with E-state index in [1.165, 1.54) is 35.9 Å². The number of unbranched alkanes of at least 4 members (excludes halogenated alkanes) is 1. The van der Waals surface area contributed by atoms with Crippen LogP contribution in [-0.4, -0.2) is 47.7 Å². The Kier molecular flexibility index (Phi) is 10.4. The Morgan fingerprint density at radius 1 is 1.32 bits per heavy atom. The van der Waals surface area contributed by atoms with Crippen molar-refractivity contribution in [3.63, 3.8) is 0 Å². The van der Waals surface area contributed by atoms with Crippen LogP contribution < -0.4 is 20.9 Å². The minimum Gasteiger partial charge on any atom is -0.465 e. The summed E-state index contributed by atoms with van der Waals surface area (Å²) < 4.78 is 42.3. The van der Waals surface area contributed by atoms with Gasteiger partial charge in [-0.2, -0.15) is 5.09 Å². The van der Waals surface area contributed by atoms with Crippen LogP contribution in [0.3, 0.4) is 0 Å². The van der Waals surface area contributed by atoms with Gasteiger partial charge in [0.15, 0.2) is 12.5 Å². The summed E-state index contributed by atoms with van der Waals surface area (Å²) in [5.41, 5.74) is -0.864. The van der Waals surface area contributed by atoms with E-state index in [-0.39, 0.29) is 29.0 Å². The molecule has 37 heavy (non-hydrogen) atoms. The molecule has 0 bridgehead atoms. The second-order valence-electron chi connectivity index (χ2n) is 8.16. The normalized spacial score (nSPS) is 19.8. The molecule has 2 N–H and O–H groups in total. The highest BCUT2D eigenvalue weighted by molar-refractivity contribution is 7.52. The summed E-state index contributed by atoms with van der Waals surface area (Å²) >= 11 is 12.0. The molecule has 3 rings (SSSR count). The molecule has 0 saturated carbocycles. The molecule has 1 aromatic carbocycles. The van der Waals surface area contributed by atoms with Crippen LogP contribution in [0, 0.1) is 6.92 Å². The third-order valence-corrected chi connectivity index (χ3v) is 7.52. The number of hydrogen-bond donors (Lipinski definition) is 2. The van der Waals surface area contributed by atoms with Gasteiger partial charge in [0, 0.05) is 17.8 Å². The van der Waals surface area contributed by atoms with Crippen molar-refractivity contribution < 1.29 is 32.6 Å². The van der Waals surface area contributed by atoms with Gasteiger partial charge < -0.3 is 18.7 Å². The van der Waals surface area contributed by atoms with Crippen molar-refractivity contribution in [2.24, 2.45) is 0 Å². The van der Waals surface area contributed by atoms with E-state index in [0.29, 0.717) is 12.0 Å². The largest absolute Gasteiger partial charge is 0.465 e. The molecule has 0 radical (unpaired) electrons. The van der Waals surface area contributed by atoms with Gasteiger partial charge >= 0.3 is 19.4 Å². The molecule has 4 atom stereocenters. The predicted octanol–water partition coefficient (Wildman–Crippen LogP) is 3.55. The average Bonchev–Trinajstić information content (AvgIpc) is 3.31. The van der Waals surface area contributed by atoms with Gasteiger partial charge in [-0.25, -0.2) is 9.36 Å². The second-order valence-corrected chi connectivity index (χ2v) is 10.7. The van der Waals surface area contributed by atoms with Gasteiger partial charge in [0.2, 0.25) is 0 Å². The third kappa shape index (κ3) is 8.15. The quantitative estimate of drug-likeness (QED) is 0.217. The van der Waals surface area contributed by atoms with Gasteiger partial charge in [-0.1, -0.05) is 36.5 Å². The lowest BCUT2D eigenvalue weighted by molar-refractivity contribution is -0.145. The van der Waals surface area contributed by atoms with Crippen LogP contribution in [0.2, 0.25) is 10.0 Å². The molecule has 1 aliphatic rings. The maximum absolute atomic E-state index is 13.6. The molecule has 1 saturated heterocycles. The Morgan fingerprint density at radius 3 is 2.78 bits per heavy atom. The molecule has 12 nitrogen and oxygen atoms in total. The number of aryl methyl sites for hydroxylation is 1. The molecule has 1 unspecified atom stereocenters. The molecule has 204 valence electrons. The number of aromatic nitrogens is 2. The first-order valence-corrected chi connectivity index (χ1v) is 13.7. The van der Waals surface area contributed by atoms with Crippen LogP contribution in [0.25, 0.3) is 0 Å². The number of carbonyl (C=O) groups is 1. The molecular weight excluding hydrogens is 552 g/mol. The third-order valence-electron chi connectivity index (χ3n) is 5.13. The van der Waals surface area contributed by atoms with Gasteiger partial charge in [0.05, 0.1) is 23.3 Å². The lowest BCUT2D eigenvalue weighted by atomic mass is 10.3. The minimum atomic E-state index is -4.22. The van der Waals surface area contributed by atoms with Crippen molar-refractivity contribution in [1.29, 1.82) is 0 Å². The van der Waals surface area contributed by atoms with E-state index in [2.05, 4.69) is 10.1 Å². The zero-order valence-corrected chi connectivity index (χ0v) is 22.8. The van der Waals surface area contributed by atoms with Crippen molar-refractivity contribution >= 4 is 36.9 Å². The average molecular weight is 580 g/mol. The van der Waals surface area contributed by atoms with Crippen molar-refractivity contribution in [3.05, 3.63) is 60.8 Å². The van der Waals surface area contributed by atoms with Crippen molar-refractivity contribution in [2.75, 3.05) is 19.8 Å². The van der Waals surface area contributed by atoms with Crippen LogP contribution >= 0.6 is 30.9 Å². The molecule has 0 spiro atoms. The van der Waals surface area contributed by atoms with Gasteiger partial charge in [-0.05, 0) is 32.4 Å². The van der Waals surface area contributed by atoms with Crippen LogP contribution in [0.1, 0.15) is 38.5 Å². The number of aromatic amines is 1. The predicted molar refractivity (Wildman–Crippen MR) is 135 cm³/mol. The monoisotopic (exact) mass is 579 g/mol. The number of ether oxygens (including phenoxy) is 3. The molecule has 2 aromatic rings. The van der Waals surface area contributed by atoms with E-state index >= 15 is 0 Å². The standard InChI is InChI=1S/C22H28Cl2N3O9P/c1-4-5-8-32-21(29)14(3)26-37(31,36-15-6-7-16(23)17(24)9-15)34-12-19-33-11-18(35-19)27-10-13(2)20(28)25-22(27)30/h6-7,9-10,14,18-19H,4-5,8,11-12H2,1-3H3,(H,26,31)(H,25,28,30)/t14-,18+,19+,37?/m0/s1. The van der Waals surface area contributed by atoms with Crippen LogP contribution in [0.15, 0.2) is 34.0 Å². The minimum absolute atomic E-state index is 0.0368. The number of H-pyrrole nitrogens is 1. The number of carbonyl (C=O) groups excluding carboxylic acids is 1. The summed E-state index contributed by atoms with van der Waals surface area (Å²) in [5.74, 6) is -0.575. The van der Waals surface area contributed by atoms with Gasteiger partial charge in [0.1, 0.15) is 18.4 Å². The van der Waals surface area contributed by atoms with Gasteiger partial charge in [-0.3, -0.25) is 23.7 Å². The highest BCUT2D eigenvalue weighted by Crippen LogP contribution is 2.46. The summed E-state index contributed by atoms with van der Waals surface area (Å²) in [6.45, 7) is 4.74. The maximum atomic E-state index is 13.6. The number of benzene rings is 1. The first-order valence-electron chi connectivity index (χ1n) is 11.4. The summed E-state index contributed by atoms with van der Waals surface area (Å²) in [6, 6.07) is 3.17.